The van der Waals surface area contributed by atoms with Crippen molar-refractivity contribution in [3.05, 3.63) is 72.9 Å². The summed E-state index contributed by atoms with van der Waals surface area (Å²) in [6, 6.07) is 0. The number of rotatable bonds is 60. The van der Waals surface area contributed by atoms with E-state index in [2.05, 4.69) is 93.7 Å². The maximum absolute atomic E-state index is 12.8. The molecule has 0 heterocycles. The maximum atomic E-state index is 12.8. The van der Waals surface area contributed by atoms with Crippen molar-refractivity contribution in [2.45, 2.75) is 341 Å². The van der Waals surface area contributed by atoms with Gasteiger partial charge in [0.1, 0.15) is 13.2 Å². The van der Waals surface area contributed by atoms with Crippen molar-refractivity contribution in [3.8, 4) is 0 Å². The Morgan fingerprint density at radius 2 is 0.513 bits per heavy atom. The third-order valence-corrected chi connectivity index (χ3v) is 14.4. The first-order valence-electron chi connectivity index (χ1n) is 32.9. The topological polar surface area (TPSA) is 78.9 Å². The second kappa shape index (κ2) is 64.4. The van der Waals surface area contributed by atoms with Crippen LogP contribution in [0.1, 0.15) is 335 Å². The van der Waals surface area contributed by atoms with Crippen molar-refractivity contribution in [1.82, 2.24) is 0 Å². The van der Waals surface area contributed by atoms with Gasteiger partial charge in [0, 0.05) is 19.3 Å². The van der Waals surface area contributed by atoms with Crippen LogP contribution in [0.4, 0.5) is 0 Å². The predicted molar refractivity (Wildman–Crippen MR) is 330 cm³/mol. The molecule has 0 aliphatic heterocycles. The van der Waals surface area contributed by atoms with Crippen LogP contribution in [-0.4, -0.2) is 37.2 Å². The molecule has 0 spiro atoms. The minimum Gasteiger partial charge on any atom is -0.462 e. The van der Waals surface area contributed by atoms with E-state index in [1.807, 2.05) is 0 Å². The predicted octanol–water partition coefficient (Wildman–Crippen LogP) is 22.5. The summed E-state index contributed by atoms with van der Waals surface area (Å²) >= 11 is 0. The molecule has 0 aromatic rings. The van der Waals surface area contributed by atoms with E-state index in [0.717, 1.165) is 89.9 Å². The molecule has 1 atom stereocenters. The number of unbranched alkanes of at least 4 members (excludes halogenated alkanes) is 37. The van der Waals surface area contributed by atoms with Gasteiger partial charge in [0.2, 0.25) is 0 Å². The summed E-state index contributed by atoms with van der Waals surface area (Å²) in [7, 11) is 0. The van der Waals surface area contributed by atoms with Gasteiger partial charge in [-0.1, -0.05) is 299 Å². The second-order valence-corrected chi connectivity index (χ2v) is 22.0. The number of carbonyl (C=O) groups excluding carboxylic acids is 3. The Morgan fingerprint density at radius 3 is 0.803 bits per heavy atom. The summed E-state index contributed by atoms with van der Waals surface area (Å²) in [5.74, 6) is -0.871. The highest BCUT2D eigenvalue weighted by Gasteiger charge is 2.19. The first kappa shape index (κ1) is 72.8. The lowest BCUT2D eigenvalue weighted by atomic mass is 10.0. The maximum Gasteiger partial charge on any atom is 0.306 e. The Hall–Kier alpha value is -3.15. The second-order valence-electron chi connectivity index (χ2n) is 22.0. The zero-order valence-corrected chi connectivity index (χ0v) is 50.5. The van der Waals surface area contributed by atoms with Gasteiger partial charge < -0.3 is 14.2 Å². The molecular formula is C70H124O6. The van der Waals surface area contributed by atoms with Crippen LogP contribution in [0.25, 0.3) is 0 Å². The summed E-state index contributed by atoms with van der Waals surface area (Å²) < 4.78 is 16.8. The highest BCUT2D eigenvalue weighted by molar-refractivity contribution is 5.71. The highest BCUT2D eigenvalue weighted by atomic mass is 16.6. The Balaban J connectivity index is 4.01. The fraction of sp³-hybridized carbons (Fsp3) is 0.786. The Kier molecular flexibility index (Phi) is 61.7. The van der Waals surface area contributed by atoms with E-state index in [9.17, 15) is 14.4 Å². The Bertz CT molecular complexity index is 1400. The summed E-state index contributed by atoms with van der Waals surface area (Å²) in [4.78, 5) is 38.0. The molecule has 0 fully saturated rings. The summed E-state index contributed by atoms with van der Waals surface area (Å²) in [5.41, 5.74) is 0. The molecule has 0 aliphatic rings. The van der Waals surface area contributed by atoms with Gasteiger partial charge in [-0.05, 0) is 89.9 Å². The summed E-state index contributed by atoms with van der Waals surface area (Å²) in [6.07, 6.45) is 83.9. The van der Waals surface area contributed by atoms with Crippen molar-refractivity contribution in [3.63, 3.8) is 0 Å². The van der Waals surface area contributed by atoms with Gasteiger partial charge in [-0.25, -0.2) is 0 Å². The molecule has 0 aromatic heterocycles. The Labute approximate surface area is 472 Å². The quantitative estimate of drug-likeness (QED) is 0.0261. The molecule has 0 N–H and O–H groups in total. The van der Waals surface area contributed by atoms with Crippen molar-refractivity contribution < 1.29 is 28.6 Å². The number of allylic oxidation sites excluding steroid dienone is 12. The minimum absolute atomic E-state index is 0.0730. The lowest BCUT2D eigenvalue weighted by molar-refractivity contribution is -0.167. The third-order valence-electron chi connectivity index (χ3n) is 14.4. The average molecular weight is 1060 g/mol. The summed E-state index contributed by atoms with van der Waals surface area (Å²) in [5, 5.41) is 0. The lowest BCUT2D eigenvalue weighted by Crippen LogP contribution is -2.30. The molecule has 76 heavy (non-hydrogen) atoms. The molecule has 0 aromatic carbocycles. The van der Waals surface area contributed by atoms with E-state index in [1.54, 1.807) is 0 Å². The molecule has 6 nitrogen and oxygen atoms in total. The van der Waals surface area contributed by atoms with Crippen LogP contribution in [-0.2, 0) is 28.6 Å². The number of esters is 3. The van der Waals surface area contributed by atoms with Gasteiger partial charge in [0.15, 0.2) is 6.10 Å². The molecule has 440 valence electrons. The van der Waals surface area contributed by atoms with Crippen LogP contribution >= 0.6 is 0 Å². The van der Waals surface area contributed by atoms with E-state index >= 15 is 0 Å². The van der Waals surface area contributed by atoms with Crippen molar-refractivity contribution >= 4 is 17.9 Å². The molecule has 0 bridgehead atoms. The van der Waals surface area contributed by atoms with Crippen molar-refractivity contribution in [1.29, 1.82) is 0 Å². The van der Waals surface area contributed by atoms with Crippen molar-refractivity contribution in [2.75, 3.05) is 13.2 Å². The van der Waals surface area contributed by atoms with E-state index < -0.39 is 6.10 Å². The molecule has 0 aliphatic carbocycles. The zero-order valence-electron chi connectivity index (χ0n) is 50.5. The van der Waals surface area contributed by atoms with Crippen LogP contribution in [0, 0.1) is 0 Å². The van der Waals surface area contributed by atoms with E-state index in [0.29, 0.717) is 19.3 Å². The van der Waals surface area contributed by atoms with Crippen molar-refractivity contribution in [2.24, 2.45) is 0 Å². The number of hydrogen-bond donors (Lipinski definition) is 0. The van der Waals surface area contributed by atoms with Gasteiger partial charge in [-0.15, -0.1) is 0 Å². The standard InChI is InChI=1S/C70H124O6/c1-4-7-10-13-16-18-20-22-24-26-28-30-31-32-33-34-35-36-37-38-39-41-42-44-46-48-50-52-54-57-60-63-69(72)75-66-67(65-74-68(71)62-59-56-15-12-9-6-3)76-70(73)64-61-58-55-53-51-49-47-45-43-40-29-27-25-23-21-19-17-14-11-8-5-2/h7,10,16,18,21-24,27-30,67H,4-6,8-9,11-15,17,19-20,25-26,31-66H2,1-3H3/b10-7-,18-16-,23-21-,24-22-,29-27-,30-28-. The monoisotopic (exact) mass is 1060 g/mol. The van der Waals surface area contributed by atoms with Gasteiger partial charge in [-0.2, -0.15) is 0 Å². The fourth-order valence-corrected chi connectivity index (χ4v) is 9.53. The largest absolute Gasteiger partial charge is 0.462 e. The van der Waals surface area contributed by atoms with Crippen LogP contribution in [0.15, 0.2) is 72.9 Å². The van der Waals surface area contributed by atoms with Gasteiger partial charge >= 0.3 is 17.9 Å². The SMILES string of the molecule is CC/C=C\C/C=C\C/C=C\C/C=C\CCCCCCCCCCCCCCCCCCCCC(=O)OCC(COC(=O)CCCCCCCC)OC(=O)CCCCCCCCCCC/C=C\C/C=C\CCCCCCC. The van der Waals surface area contributed by atoms with E-state index in [4.69, 9.17) is 14.2 Å². The zero-order chi connectivity index (χ0) is 55.0. The molecule has 0 amide bonds. The average Bonchev–Trinajstić information content (AvgIpc) is 3.42. The molecule has 6 heteroatoms. The van der Waals surface area contributed by atoms with Gasteiger partial charge in [0.25, 0.3) is 0 Å². The first-order chi connectivity index (χ1) is 37.5. The van der Waals surface area contributed by atoms with Crippen LogP contribution in [0.3, 0.4) is 0 Å². The molecule has 0 radical (unpaired) electrons. The smallest absolute Gasteiger partial charge is 0.306 e. The van der Waals surface area contributed by atoms with Crippen LogP contribution in [0.5, 0.6) is 0 Å². The number of carbonyl (C=O) groups is 3. The van der Waals surface area contributed by atoms with Gasteiger partial charge in [0.05, 0.1) is 0 Å². The van der Waals surface area contributed by atoms with Crippen LogP contribution < -0.4 is 0 Å². The van der Waals surface area contributed by atoms with Gasteiger partial charge in [-0.3, -0.25) is 14.4 Å². The fourth-order valence-electron chi connectivity index (χ4n) is 9.53. The van der Waals surface area contributed by atoms with Crippen LogP contribution in [0.2, 0.25) is 0 Å². The lowest BCUT2D eigenvalue weighted by Gasteiger charge is -2.18. The minimum atomic E-state index is -0.773. The third kappa shape index (κ3) is 61.7. The highest BCUT2D eigenvalue weighted by Crippen LogP contribution is 2.17. The number of ether oxygens (including phenoxy) is 3. The first-order valence-corrected chi connectivity index (χ1v) is 32.9. The molecule has 1 unspecified atom stereocenters. The molecule has 0 saturated carbocycles. The van der Waals surface area contributed by atoms with E-state index in [-0.39, 0.29) is 31.1 Å². The summed E-state index contributed by atoms with van der Waals surface area (Å²) in [6.45, 7) is 6.49. The molecular weight excluding hydrogens is 937 g/mol. The number of hydrogen-bond acceptors (Lipinski definition) is 6. The molecule has 0 rings (SSSR count). The molecule has 0 saturated heterocycles. The Morgan fingerprint density at radius 1 is 0.276 bits per heavy atom. The van der Waals surface area contributed by atoms with E-state index in [1.165, 1.54) is 205 Å². The normalized spacial score (nSPS) is 12.5.